The molecule has 24 heavy (non-hydrogen) atoms. The number of carbonyl (C=O) groups excluding carboxylic acids is 1. The van der Waals surface area contributed by atoms with E-state index in [1.54, 1.807) is 24.3 Å². The fraction of sp³-hybridized carbons (Fsp3) is 0.235. The first-order chi connectivity index (χ1) is 11.4. The number of para-hydroxylation sites is 1. The third-order valence-electron chi connectivity index (χ3n) is 3.17. The fourth-order valence-electron chi connectivity index (χ4n) is 2.02. The Hall–Kier alpha value is -2.70. The molecule has 1 amide bonds. The summed E-state index contributed by atoms with van der Waals surface area (Å²) in [5.74, 6) is 0.185. The highest BCUT2D eigenvalue weighted by molar-refractivity contribution is 5.96. The van der Waals surface area contributed by atoms with Crippen molar-refractivity contribution in [2.24, 2.45) is 0 Å². The van der Waals surface area contributed by atoms with Gasteiger partial charge in [-0.1, -0.05) is 18.2 Å². The molecule has 0 aromatic heterocycles. The van der Waals surface area contributed by atoms with Crippen LogP contribution in [0.4, 0.5) is 13.2 Å². The fourth-order valence-corrected chi connectivity index (χ4v) is 2.02. The second-order valence-electron chi connectivity index (χ2n) is 4.83. The largest absolute Gasteiger partial charge is 0.496 e. The molecule has 2 aromatic rings. The van der Waals surface area contributed by atoms with Crippen LogP contribution in [0, 0.1) is 0 Å². The van der Waals surface area contributed by atoms with Crippen LogP contribution in [0.2, 0.25) is 0 Å². The summed E-state index contributed by atoms with van der Waals surface area (Å²) in [4.78, 5) is 12.0. The van der Waals surface area contributed by atoms with Gasteiger partial charge in [-0.3, -0.25) is 4.79 Å². The Labute approximate surface area is 137 Å². The third kappa shape index (κ3) is 4.65. The molecule has 0 aliphatic heterocycles. The maximum Gasteiger partial charge on any atom is 0.416 e. The lowest BCUT2D eigenvalue weighted by molar-refractivity contribution is -0.137. The number of carbonyl (C=O) groups is 1. The van der Waals surface area contributed by atoms with Crippen LogP contribution in [0.3, 0.4) is 0 Å². The first-order valence-electron chi connectivity index (χ1n) is 7.13. The van der Waals surface area contributed by atoms with E-state index in [1.165, 1.54) is 19.2 Å². The summed E-state index contributed by atoms with van der Waals surface area (Å²) >= 11 is 0. The van der Waals surface area contributed by atoms with Crippen LogP contribution in [0.25, 0.3) is 0 Å². The van der Waals surface area contributed by atoms with Gasteiger partial charge >= 0.3 is 6.18 Å². The van der Waals surface area contributed by atoms with Crippen molar-refractivity contribution in [3.8, 4) is 11.5 Å². The molecule has 0 aliphatic rings. The summed E-state index contributed by atoms with van der Waals surface area (Å²) in [5, 5.41) is 2.62. The minimum Gasteiger partial charge on any atom is -0.496 e. The molecule has 0 heterocycles. The summed E-state index contributed by atoms with van der Waals surface area (Å²) in [6, 6.07) is 11.3. The van der Waals surface area contributed by atoms with E-state index in [0.717, 1.165) is 12.1 Å². The average Bonchev–Trinajstić information content (AvgIpc) is 2.58. The number of rotatable bonds is 6. The standard InChI is InChI=1S/C17H16F3NO3/c1-23-15-8-3-2-7-14(15)16(22)21-9-10-24-13-6-4-5-12(11-13)17(18,19)20/h2-8,11H,9-10H2,1H3,(H,21,22). The summed E-state index contributed by atoms with van der Waals surface area (Å²) in [5.41, 5.74) is -0.405. The number of hydrogen-bond donors (Lipinski definition) is 1. The van der Waals surface area contributed by atoms with Crippen molar-refractivity contribution < 1.29 is 27.4 Å². The van der Waals surface area contributed by atoms with Crippen molar-refractivity contribution in [1.82, 2.24) is 5.32 Å². The highest BCUT2D eigenvalue weighted by Gasteiger charge is 2.30. The zero-order valence-corrected chi connectivity index (χ0v) is 12.9. The second kappa shape index (κ2) is 7.72. The molecule has 0 unspecified atom stereocenters. The molecule has 7 heteroatoms. The lowest BCUT2D eigenvalue weighted by Crippen LogP contribution is -2.28. The number of hydrogen-bond acceptors (Lipinski definition) is 3. The van der Waals surface area contributed by atoms with Crippen LogP contribution >= 0.6 is 0 Å². The lowest BCUT2D eigenvalue weighted by atomic mass is 10.2. The zero-order chi connectivity index (χ0) is 17.6. The van der Waals surface area contributed by atoms with Gasteiger partial charge in [0.15, 0.2) is 0 Å². The van der Waals surface area contributed by atoms with Crippen molar-refractivity contribution >= 4 is 5.91 Å². The van der Waals surface area contributed by atoms with Crippen molar-refractivity contribution in [3.63, 3.8) is 0 Å². The van der Waals surface area contributed by atoms with Gasteiger partial charge in [-0.15, -0.1) is 0 Å². The first-order valence-corrected chi connectivity index (χ1v) is 7.13. The van der Waals surface area contributed by atoms with E-state index in [9.17, 15) is 18.0 Å². The van der Waals surface area contributed by atoms with Crippen LogP contribution in [0.1, 0.15) is 15.9 Å². The molecule has 0 radical (unpaired) electrons. The van der Waals surface area contributed by atoms with Gasteiger partial charge in [0.1, 0.15) is 18.1 Å². The Kier molecular flexibility index (Phi) is 5.68. The van der Waals surface area contributed by atoms with Gasteiger partial charge in [0.2, 0.25) is 0 Å². The molecule has 0 saturated heterocycles. The summed E-state index contributed by atoms with van der Waals surface area (Å²) < 4.78 is 48.1. The van der Waals surface area contributed by atoms with Gasteiger partial charge in [-0.05, 0) is 30.3 Å². The van der Waals surface area contributed by atoms with E-state index in [-0.39, 0.29) is 24.8 Å². The molecule has 0 bridgehead atoms. The van der Waals surface area contributed by atoms with Crippen LogP contribution < -0.4 is 14.8 Å². The zero-order valence-electron chi connectivity index (χ0n) is 12.9. The van der Waals surface area contributed by atoms with E-state index in [4.69, 9.17) is 9.47 Å². The molecule has 4 nitrogen and oxygen atoms in total. The molecule has 0 aliphatic carbocycles. The van der Waals surface area contributed by atoms with E-state index < -0.39 is 11.7 Å². The minimum absolute atomic E-state index is 0.0438. The highest BCUT2D eigenvalue weighted by Crippen LogP contribution is 2.31. The van der Waals surface area contributed by atoms with Gasteiger partial charge in [0.25, 0.3) is 5.91 Å². The maximum absolute atomic E-state index is 12.6. The number of amides is 1. The molecule has 128 valence electrons. The Morgan fingerprint density at radius 2 is 1.88 bits per heavy atom. The molecule has 0 fully saturated rings. The first kappa shape index (κ1) is 17.7. The Balaban J connectivity index is 1.86. The van der Waals surface area contributed by atoms with Gasteiger partial charge < -0.3 is 14.8 Å². The highest BCUT2D eigenvalue weighted by atomic mass is 19.4. The SMILES string of the molecule is COc1ccccc1C(=O)NCCOc1cccc(C(F)(F)F)c1. The van der Waals surface area contributed by atoms with Crippen molar-refractivity contribution in [2.45, 2.75) is 6.18 Å². The molecule has 1 N–H and O–H groups in total. The Bertz CT molecular complexity index is 701. The van der Waals surface area contributed by atoms with Crippen LogP contribution in [-0.4, -0.2) is 26.2 Å². The molecule has 2 aromatic carbocycles. The smallest absolute Gasteiger partial charge is 0.416 e. The Morgan fingerprint density at radius 1 is 1.12 bits per heavy atom. The number of benzene rings is 2. The minimum atomic E-state index is -4.42. The monoisotopic (exact) mass is 339 g/mol. The number of methoxy groups -OCH3 is 1. The van der Waals surface area contributed by atoms with Crippen molar-refractivity contribution in [3.05, 3.63) is 59.7 Å². The van der Waals surface area contributed by atoms with Crippen LogP contribution in [-0.2, 0) is 6.18 Å². The average molecular weight is 339 g/mol. The number of ether oxygens (including phenoxy) is 2. The molecule has 0 saturated carbocycles. The topological polar surface area (TPSA) is 47.6 Å². The normalized spacial score (nSPS) is 11.0. The Morgan fingerprint density at radius 3 is 2.58 bits per heavy atom. The van der Waals surface area contributed by atoms with Gasteiger partial charge in [-0.25, -0.2) is 0 Å². The number of halogens is 3. The summed E-state index contributed by atoms with van der Waals surface area (Å²) in [7, 11) is 1.46. The lowest BCUT2D eigenvalue weighted by Gasteiger charge is -2.11. The number of nitrogens with one attached hydrogen (secondary N) is 1. The predicted molar refractivity (Wildman–Crippen MR) is 82.3 cm³/mol. The molecule has 2 rings (SSSR count). The van der Waals surface area contributed by atoms with E-state index in [2.05, 4.69) is 5.32 Å². The quantitative estimate of drug-likeness (QED) is 0.819. The van der Waals surface area contributed by atoms with Crippen LogP contribution in [0.15, 0.2) is 48.5 Å². The van der Waals surface area contributed by atoms with Gasteiger partial charge in [0, 0.05) is 0 Å². The molecule has 0 atom stereocenters. The van der Waals surface area contributed by atoms with Crippen molar-refractivity contribution in [2.75, 3.05) is 20.3 Å². The summed E-state index contributed by atoms with van der Waals surface area (Å²) in [6.45, 7) is 0.190. The number of alkyl halides is 3. The van der Waals surface area contributed by atoms with Crippen molar-refractivity contribution in [1.29, 1.82) is 0 Å². The maximum atomic E-state index is 12.6. The molecular weight excluding hydrogens is 323 g/mol. The van der Waals surface area contributed by atoms with Gasteiger partial charge in [0.05, 0.1) is 24.8 Å². The van der Waals surface area contributed by atoms with Gasteiger partial charge in [-0.2, -0.15) is 13.2 Å². The summed E-state index contributed by atoms with van der Waals surface area (Å²) in [6.07, 6.45) is -4.42. The molecule has 0 spiro atoms. The van der Waals surface area contributed by atoms with E-state index >= 15 is 0 Å². The van der Waals surface area contributed by atoms with E-state index in [1.807, 2.05) is 0 Å². The molecular formula is C17H16F3NO3. The second-order valence-corrected chi connectivity index (χ2v) is 4.83. The third-order valence-corrected chi connectivity index (χ3v) is 3.17. The van der Waals surface area contributed by atoms with Crippen LogP contribution in [0.5, 0.6) is 11.5 Å². The predicted octanol–water partition coefficient (Wildman–Crippen LogP) is 3.52. The van der Waals surface area contributed by atoms with E-state index in [0.29, 0.717) is 11.3 Å².